The number of hydrogen-bond donors (Lipinski definition) is 2. The van der Waals surface area contributed by atoms with E-state index in [1.54, 1.807) is 0 Å². The summed E-state index contributed by atoms with van der Waals surface area (Å²) in [4.78, 5) is 21.7. The van der Waals surface area contributed by atoms with Crippen LogP contribution < -0.4 is 11.1 Å². The van der Waals surface area contributed by atoms with Crippen LogP contribution >= 0.6 is 0 Å². The summed E-state index contributed by atoms with van der Waals surface area (Å²) < 4.78 is 0. The summed E-state index contributed by atoms with van der Waals surface area (Å²) in [6.45, 7) is 1.95. The molecular weight excluding hydrogens is 168 g/mol. The number of nitrogens with two attached hydrogens (primary N) is 1. The highest BCUT2D eigenvalue weighted by Crippen LogP contribution is 2.17. The second kappa shape index (κ2) is 4.25. The quantitative estimate of drug-likeness (QED) is 0.656. The van der Waals surface area contributed by atoms with Gasteiger partial charge in [0, 0.05) is 18.9 Å². The third-order valence-electron chi connectivity index (χ3n) is 2.48. The van der Waals surface area contributed by atoms with Gasteiger partial charge in [-0.2, -0.15) is 0 Å². The average Bonchev–Trinajstić information content (AvgIpc) is 2.03. The van der Waals surface area contributed by atoms with Gasteiger partial charge < -0.3 is 11.1 Å². The number of amides is 2. The minimum atomic E-state index is -0.299. The zero-order valence-electron chi connectivity index (χ0n) is 7.88. The summed E-state index contributed by atoms with van der Waals surface area (Å²) in [7, 11) is 0. The first kappa shape index (κ1) is 10.0. The number of carbonyl (C=O) groups is 2. The van der Waals surface area contributed by atoms with Gasteiger partial charge in [0.25, 0.3) is 0 Å². The molecule has 0 radical (unpaired) electrons. The molecule has 13 heavy (non-hydrogen) atoms. The molecule has 74 valence electrons. The maximum atomic E-state index is 11.0. The highest BCUT2D eigenvalue weighted by Gasteiger charge is 2.24. The van der Waals surface area contributed by atoms with E-state index in [2.05, 4.69) is 5.32 Å². The molecule has 0 aromatic heterocycles. The topological polar surface area (TPSA) is 72.2 Å². The van der Waals surface area contributed by atoms with Crippen molar-refractivity contribution in [3.63, 3.8) is 0 Å². The number of piperidine rings is 1. The summed E-state index contributed by atoms with van der Waals surface area (Å²) in [6, 6.07) is 0.133. The molecule has 0 saturated carbocycles. The Hall–Kier alpha value is -1.06. The molecule has 1 aliphatic rings. The number of nitrogens with one attached hydrogen (secondary N) is 1. The van der Waals surface area contributed by atoms with Gasteiger partial charge >= 0.3 is 0 Å². The van der Waals surface area contributed by atoms with Crippen LogP contribution in [0.15, 0.2) is 0 Å². The van der Waals surface area contributed by atoms with Crippen molar-refractivity contribution in [3.05, 3.63) is 0 Å². The lowest BCUT2D eigenvalue weighted by Crippen LogP contribution is -2.43. The van der Waals surface area contributed by atoms with Gasteiger partial charge in [-0.3, -0.25) is 9.59 Å². The Morgan fingerprint density at radius 3 is 3.00 bits per heavy atom. The molecule has 0 spiro atoms. The fourth-order valence-corrected chi connectivity index (χ4v) is 1.72. The van der Waals surface area contributed by atoms with Crippen molar-refractivity contribution in [2.45, 2.75) is 38.6 Å². The van der Waals surface area contributed by atoms with Crippen LogP contribution in [0.3, 0.4) is 0 Å². The highest BCUT2D eigenvalue weighted by molar-refractivity contribution is 5.77. The molecule has 2 amide bonds. The van der Waals surface area contributed by atoms with Gasteiger partial charge in [-0.15, -0.1) is 0 Å². The number of carbonyl (C=O) groups excluding carboxylic acids is 2. The fraction of sp³-hybridized carbons (Fsp3) is 0.778. The second-order valence-electron chi connectivity index (χ2n) is 3.71. The third-order valence-corrected chi connectivity index (χ3v) is 2.48. The van der Waals surface area contributed by atoms with Crippen molar-refractivity contribution in [1.29, 1.82) is 0 Å². The Labute approximate surface area is 77.9 Å². The van der Waals surface area contributed by atoms with E-state index in [-0.39, 0.29) is 23.8 Å². The lowest BCUT2D eigenvalue weighted by molar-refractivity contribution is -0.125. The molecule has 1 fully saturated rings. The van der Waals surface area contributed by atoms with Crippen LogP contribution in [0, 0.1) is 5.92 Å². The molecule has 4 nitrogen and oxygen atoms in total. The molecule has 0 bridgehead atoms. The number of rotatable bonds is 3. The van der Waals surface area contributed by atoms with Crippen molar-refractivity contribution in [2.24, 2.45) is 11.7 Å². The van der Waals surface area contributed by atoms with E-state index in [9.17, 15) is 9.59 Å². The molecule has 2 atom stereocenters. The van der Waals surface area contributed by atoms with Crippen molar-refractivity contribution in [2.75, 3.05) is 0 Å². The highest BCUT2D eigenvalue weighted by atomic mass is 16.2. The zero-order valence-corrected chi connectivity index (χ0v) is 7.88. The Morgan fingerprint density at radius 1 is 1.77 bits per heavy atom. The molecule has 1 rings (SSSR count). The smallest absolute Gasteiger partial charge is 0.220 e. The minimum Gasteiger partial charge on any atom is -0.370 e. The lowest BCUT2D eigenvalue weighted by Gasteiger charge is -2.27. The van der Waals surface area contributed by atoms with Crippen LogP contribution in [0.1, 0.15) is 32.6 Å². The van der Waals surface area contributed by atoms with Crippen LogP contribution in [-0.2, 0) is 9.59 Å². The number of primary amides is 1. The van der Waals surface area contributed by atoms with Crippen molar-refractivity contribution in [3.8, 4) is 0 Å². The van der Waals surface area contributed by atoms with Gasteiger partial charge in [0.15, 0.2) is 0 Å². The van der Waals surface area contributed by atoms with E-state index in [0.29, 0.717) is 12.8 Å². The first-order valence-electron chi connectivity index (χ1n) is 4.67. The van der Waals surface area contributed by atoms with Gasteiger partial charge in [-0.1, -0.05) is 6.92 Å². The van der Waals surface area contributed by atoms with Crippen molar-refractivity contribution >= 4 is 11.8 Å². The molecule has 1 heterocycles. The van der Waals surface area contributed by atoms with E-state index >= 15 is 0 Å². The van der Waals surface area contributed by atoms with Crippen LogP contribution in [0.5, 0.6) is 0 Å². The Morgan fingerprint density at radius 2 is 2.46 bits per heavy atom. The third kappa shape index (κ3) is 3.05. The van der Waals surface area contributed by atoms with Crippen molar-refractivity contribution in [1.82, 2.24) is 5.32 Å². The minimum absolute atomic E-state index is 0.0903. The van der Waals surface area contributed by atoms with E-state index in [0.717, 1.165) is 12.8 Å². The maximum Gasteiger partial charge on any atom is 0.220 e. The first-order chi connectivity index (χ1) is 6.09. The predicted octanol–water partition coefficient (Wildman–Crippen LogP) is 0.167. The predicted molar refractivity (Wildman–Crippen MR) is 48.8 cm³/mol. The Balaban J connectivity index is 2.41. The monoisotopic (exact) mass is 184 g/mol. The van der Waals surface area contributed by atoms with Crippen LogP contribution in [-0.4, -0.2) is 17.9 Å². The lowest BCUT2D eigenvalue weighted by atomic mass is 9.91. The molecule has 0 aromatic rings. The molecule has 3 N–H and O–H groups in total. The van der Waals surface area contributed by atoms with Crippen molar-refractivity contribution < 1.29 is 9.59 Å². The van der Waals surface area contributed by atoms with E-state index in [1.165, 1.54) is 0 Å². The fourth-order valence-electron chi connectivity index (χ4n) is 1.72. The summed E-state index contributed by atoms with van der Waals surface area (Å²) in [5.41, 5.74) is 5.08. The summed E-state index contributed by atoms with van der Waals surface area (Å²) in [6.07, 6.45) is 2.84. The SMILES string of the molecule is CC(CC(N)=O)C1CCCC(=O)N1. The summed E-state index contributed by atoms with van der Waals surface area (Å²) >= 11 is 0. The second-order valence-corrected chi connectivity index (χ2v) is 3.71. The van der Waals surface area contributed by atoms with Gasteiger partial charge in [0.1, 0.15) is 0 Å². The number of hydrogen-bond acceptors (Lipinski definition) is 2. The molecular formula is C9H16N2O2. The standard InChI is InChI=1S/C9H16N2O2/c1-6(5-8(10)12)7-3-2-4-9(13)11-7/h6-7H,2-5H2,1H3,(H2,10,12)(H,11,13). The van der Waals surface area contributed by atoms with E-state index in [1.807, 2.05) is 6.92 Å². The molecule has 0 aromatic carbocycles. The van der Waals surface area contributed by atoms with Crippen LogP contribution in [0.4, 0.5) is 0 Å². The Bertz CT molecular complexity index is 216. The maximum absolute atomic E-state index is 11.0. The van der Waals surface area contributed by atoms with Crippen LogP contribution in [0.25, 0.3) is 0 Å². The first-order valence-corrected chi connectivity index (χ1v) is 4.67. The van der Waals surface area contributed by atoms with Gasteiger partial charge in [0.05, 0.1) is 0 Å². The molecule has 0 aliphatic carbocycles. The summed E-state index contributed by atoms with van der Waals surface area (Å²) in [5, 5.41) is 2.87. The van der Waals surface area contributed by atoms with Crippen LogP contribution in [0.2, 0.25) is 0 Å². The Kier molecular flexibility index (Phi) is 3.28. The van der Waals surface area contributed by atoms with E-state index < -0.39 is 0 Å². The molecule has 1 aliphatic heterocycles. The summed E-state index contributed by atoms with van der Waals surface area (Å²) in [5.74, 6) is -0.0540. The largest absolute Gasteiger partial charge is 0.370 e. The normalized spacial score (nSPS) is 25.0. The molecule has 4 heteroatoms. The van der Waals surface area contributed by atoms with E-state index in [4.69, 9.17) is 5.73 Å². The molecule has 1 saturated heterocycles. The van der Waals surface area contributed by atoms with Gasteiger partial charge in [0.2, 0.25) is 11.8 Å². The average molecular weight is 184 g/mol. The zero-order chi connectivity index (χ0) is 9.84. The van der Waals surface area contributed by atoms with Gasteiger partial charge in [-0.25, -0.2) is 0 Å². The molecule has 2 unspecified atom stereocenters. The van der Waals surface area contributed by atoms with Gasteiger partial charge in [-0.05, 0) is 18.8 Å².